The van der Waals surface area contributed by atoms with Crippen molar-refractivity contribution in [1.29, 1.82) is 0 Å². The van der Waals surface area contributed by atoms with Crippen molar-refractivity contribution in [1.82, 2.24) is 0 Å². The number of rotatable bonds is 1. The molecule has 0 aliphatic carbocycles. The highest BCUT2D eigenvalue weighted by Crippen LogP contribution is 2.51. The molecule has 0 bridgehead atoms. The van der Waals surface area contributed by atoms with Gasteiger partial charge in [-0.2, -0.15) is 0 Å². The Balaban J connectivity index is 2.54. The summed E-state index contributed by atoms with van der Waals surface area (Å²) >= 11 is 0. The van der Waals surface area contributed by atoms with E-state index in [1.807, 2.05) is 0 Å². The number of hydrogen-bond donors (Lipinski definition) is 0. The molecule has 0 saturated heterocycles. The zero-order valence-electron chi connectivity index (χ0n) is 10.5. The van der Waals surface area contributed by atoms with E-state index in [4.69, 9.17) is 0 Å². The third kappa shape index (κ3) is 1.89. The van der Waals surface area contributed by atoms with Crippen LogP contribution in [0.3, 0.4) is 0 Å². The topological polar surface area (TPSA) is 17.1 Å². The molecule has 1 aliphatic heterocycles. The van der Waals surface area contributed by atoms with Crippen LogP contribution in [0.2, 0.25) is 0 Å². The van der Waals surface area contributed by atoms with Gasteiger partial charge in [-0.25, -0.2) is 0 Å². The van der Waals surface area contributed by atoms with Gasteiger partial charge in [0.1, 0.15) is 7.14 Å². The SMILES string of the molecule is CC1=CCP(=O)(c2c(C)cc(C)cc2C)C1. The monoisotopic (exact) mass is 234 g/mol. The molecule has 0 amide bonds. The summed E-state index contributed by atoms with van der Waals surface area (Å²) in [5.74, 6) is 0. The average molecular weight is 234 g/mol. The lowest BCUT2D eigenvalue weighted by molar-refractivity contribution is 0.585. The van der Waals surface area contributed by atoms with Gasteiger partial charge in [-0.15, -0.1) is 0 Å². The smallest absolute Gasteiger partial charge is 0.123 e. The second-order valence-electron chi connectivity index (χ2n) is 5.03. The highest BCUT2D eigenvalue weighted by molar-refractivity contribution is 7.72. The van der Waals surface area contributed by atoms with Gasteiger partial charge in [-0.3, -0.25) is 0 Å². The van der Waals surface area contributed by atoms with E-state index in [1.54, 1.807) is 0 Å². The van der Waals surface area contributed by atoms with Gasteiger partial charge in [0, 0.05) is 17.6 Å². The van der Waals surface area contributed by atoms with Gasteiger partial charge >= 0.3 is 0 Å². The molecule has 1 aliphatic rings. The summed E-state index contributed by atoms with van der Waals surface area (Å²) in [6.07, 6.45) is 3.67. The first-order valence-electron chi connectivity index (χ1n) is 5.74. The first-order chi connectivity index (χ1) is 7.42. The van der Waals surface area contributed by atoms with Crippen LogP contribution in [0, 0.1) is 20.8 Å². The van der Waals surface area contributed by atoms with Crippen molar-refractivity contribution < 1.29 is 4.57 Å². The molecule has 2 heteroatoms. The van der Waals surface area contributed by atoms with Crippen molar-refractivity contribution in [2.45, 2.75) is 27.7 Å². The van der Waals surface area contributed by atoms with E-state index in [-0.39, 0.29) is 0 Å². The van der Waals surface area contributed by atoms with E-state index in [1.165, 1.54) is 22.3 Å². The van der Waals surface area contributed by atoms with E-state index in [2.05, 4.69) is 45.9 Å². The lowest BCUT2D eigenvalue weighted by Gasteiger charge is -2.18. The molecule has 16 heavy (non-hydrogen) atoms. The first-order valence-corrected chi connectivity index (χ1v) is 7.82. The Morgan fingerprint density at radius 1 is 1.06 bits per heavy atom. The molecule has 2 rings (SSSR count). The normalized spacial score (nSPS) is 24.6. The molecule has 0 radical (unpaired) electrons. The standard InChI is InChI=1S/C14H19OP/c1-10-5-6-16(15,9-10)14-12(3)7-11(2)8-13(14)4/h5,7-8H,6,9H2,1-4H3. The summed E-state index contributed by atoms with van der Waals surface area (Å²) in [5, 5.41) is 1.13. The summed E-state index contributed by atoms with van der Waals surface area (Å²) in [6, 6.07) is 4.30. The summed E-state index contributed by atoms with van der Waals surface area (Å²) < 4.78 is 12.9. The maximum absolute atomic E-state index is 12.9. The number of benzene rings is 1. The van der Waals surface area contributed by atoms with Crippen LogP contribution in [0.5, 0.6) is 0 Å². The molecule has 86 valence electrons. The summed E-state index contributed by atoms with van der Waals surface area (Å²) in [6.45, 7) is 8.35. The van der Waals surface area contributed by atoms with Crippen molar-refractivity contribution in [3.63, 3.8) is 0 Å². The third-order valence-corrected chi connectivity index (χ3v) is 6.58. The maximum Gasteiger partial charge on any atom is 0.123 e. The van der Waals surface area contributed by atoms with Crippen molar-refractivity contribution in [3.05, 3.63) is 40.5 Å². The van der Waals surface area contributed by atoms with Crippen molar-refractivity contribution in [2.24, 2.45) is 0 Å². The lowest BCUT2D eigenvalue weighted by Crippen LogP contribution is -2.15. The predicted molar refractivity (Wildman–Crippen MR) is 71.4 cm³/mol. The van der Waals surface area contributed by atoms with E-state index < -0.39 is 7.14 Å². The zero-order chi connectivity index (χ0) is 11.9. The molecule has 0 N–H and O–H groups in total. The number of aryl methyl sites for hydroxylation is 3. The Morgan fingerprint density at radius 2 is 1.62 bits per heavy atom. The molecule has 0 fully saturated rings. The molecule has 1 atom stereocenters. The summed E-state index contributed by atoms with van der Waals surface area (Å²) in [7, 11) is -2.17. The quantitative estimate of drug-likeness (QED) is 0.536. The van der Waals surface area contributed by atoms with Gasteiger partial charge in [-0.05, 0) is 38.8 Å². The molecule has 0 saturated carbocycles. The minimum Gasteiger partial charge on any atom is -0.318 e. The van der Waals surface area contributed by atoms with Crippen molar-refractivity contribution >= 4 is 12.4 Å². The molecular formula is C14H19OP. The van der Waals surface area contributed by atoms with Crippen molar-refractivity contribution in [3.8, 4) is 0 Å². The molecule has 1 nitrogen and oxygen atoms in total. The van der Waals surface area contributed by atoms with Crippen LogP contribution in [-0.4, -0.2) is 12.3 Å². The minimum atomic E-state index is -2.17. The van der Waals surface area contributed by atoms with Crippen LogP contribution < -0.4 is 5.30 Å². The lowest BCUT2D eigenvalue weighted by atomic mass is 10.1. The van der Waals surface area contributed by atoms with Crippen LogP contribution in [0.15, 0.2) is 23.8 Å². The molecule has 1 unspecified atom stereocenters. The Kier molecular flexibility index (Phi) is 2.84. The first kappa shape index (κ1) is 11.7. The fraction of sp³-hybridized carbons (Fsp3) is 0.429. The fourth-order valence-corrected chi connectivity index (χ4v) is 6.25. The Bertz CT molecular complexity index is 488. The van der Waals surface area contributed by atoms with Crippen molar-refractivity contribution in [2.75, 3.05) is 12.3 Å². The largest absolute Gasteiger partial charge is 0.318 e. The predicted octanol–water partition coefficient (Wildman–Crippen LogP) is 3.56. The van der Waals surface area contributed by atoms with E-state index in [9.17, 15) is 4.57 Å². The van der Waals surface area contributed by atoms with Gasteiger partial charge in [0.15, 0.2) is 0 Å². The van der Waals surface area contributed by atoms with Gasteiger partial charge in [0.25, 0.3) is 0 Å². The Hall–Kier alpha value is -0.810. The van der Waals surface area contributed by atoms with E-state index in [0.29, 0.717) is 0 Å². The Labute approximate surface area is 97.9 Å². The molecule has 1 heterocycles. The highest BCUT2D eigenvalue weighted by atomic mass is 31.2. The average Bonchev–Trinajstić information content (AvgIpc) is 2.44. The molecule has 1 aromatic carbocycles. The van der Waals surface area contributed by atoms with Crippen LogP contribution in [0.1, 0.15) is 23.6 Å². The molecule has 0 aromatic heterocycles. The zero-order valence-corrected chi connectivity index (χ0v) is 11.4. The van der Waals surface area contributed by atoms with Crippen LogP contribution in [-0.2, 0) is 4.57 Å². The third-order valence-electron chi connectivity index (χ3n) is 3.28. The van der Waals surface area contributed by atoms with Gasteiger partial charge in [0.05, 0.1) is 0 Å². The van der Waals surface area contributed by atoms with Crippen LogP contribution >= 0.6 is 7.14 Å². The van der Waals surface area contributed by atoms with Crippen LogP contribution in [0.4, 0.5) is 0 Å². The molecule has 1 aromatic rings. The fourth-order valence-electron chi connectivity index (χ4n) is 2.82. The number of allylic oxidation sites excluding steroid dienone is 2. The second-order valence-corrected chi connectivity index (χ2v) is 7.94. The van der Waals surface area contributed by atoms with E-state index >= 15 is 0 Å². The second kappa shape index (κ2) is 3.89. The van der Waals surface area contributed by atoms with Gasteiger partial charge in [0.2, 0.25) is 0 Å². The molecular weight excluding hydrogens is 215 g/mol. The highest BCUT2D eigenvalue weighted by Gasteiger charge is 2.31. The van der Waals surface area contributed by atoms with E-state index in [0.717, 1.165) is 17.6 Å². The van der Waals surface area contributed by atoms with Crippen LogP contribution in [0.25, 0.3) is 0 Å². The van der Waals surface area contributed by atoms with Gasteiger partial charge in [-0.1, -0.05) is 29.3 Å². The number of hydrogen-bond acceptors (Lipinski definition) is 1. The van der Waals surface area contributed by atoms with Gasteiger partial charge < -0.3 is 4.57 Å². The summed E-state index contributed by atoms with van der Waals surface area (Å²) in [5.41, 5.74) is 4.94. The minimum absolute atomic E-state index is 0.754. The summed E-state index contributed by atoms with van der Waals surface area (Å²) in [4.78, 5) is 0. The molecule has 0 spiro atoms. The Morgan fingerprint density at radius 3 is 2.06 bits per heavy atom. The maximum atomic E-state index is 12.9.